The van der Waals surface area contributed by atoms with E-state index in [0.717, 1.165) is 11.3 Å². The van der Waals surface area contributed by atoms with Gasteiger partial charge >= 0.3 is 0 Å². The van der Waals surface area contributed by atoms with Gasteiger partial charge in [0.2, 0.25) is 5.88 Å². The minimum atomic E-state index is 0.539. The number of hydrogen-bond acceptors (Lipinski definition) is 4. The molecule has 132 valence electrons. The van der Waals surface area contributed by atoms with Crippen LogP contribution >= 0.6 is 0 Å². The molecular weight excluding hydrogens is 316 g/mol. The Hall–Kier alpha value is -3.02. The van der Waals surface area contributed by atoms with E-state index in [2.05, 4.69) is 27.2 Å². The number of guanidine groups is 1. The Kier molecular flexibility index (Phi) is 7.31. The lowest BCUT2D eigenvalue weighted by Crippen LogP contribution is -2.36. The van der Waals surface area contributed by atoms with Gasteiger partial charge in [0.1, 0.15) is 11.5 Å². The smallest absolute Gasteiger partial charge is 0.219 e. The largest absolute Gasteiger partial charge is 0.494 e. The molecule has 6 heteroatoms. The van der Waals surface area contributed by atoms with Crippen molar-refractivity contribution >= 4 is 5.96 Å². The molecule has 1 heterocycles. The lowest BCUT2D eigenvalue weighted by molar-refractivity contribution is 0.339. The fourth-order valence-electron chi connectivity index (χ4n) is 2.08. The number of rotatable bonds is 8. The van der Waals surface area contributed by atoms with Crippen molar-refractivity contribution < 1.29 is 9.47 Å². The quantitative estimate of drug-likeness (QED) is 0.439. The van der Waals surface area contributed by atoms with Crippen LogP contribution < -0.4 is 20.1 Å². The van der Waals surface area contributed by atoms with Crippen molar-refractivity contribution in [2.75, 3.05) is 20.2 Å². The van der Waals surface area contributed by atoms with Crippen LogP contribution in [0.25, 0.3) is 0 Å². The minimum absolute atomic E-state index is 0.539. The molecule has 2 rings (SSSR count). The fourth-order valence-corrected chi connectivity index (χ4v) is 2.08. The monoisotopic (exact) mass is 340 g/mol. The first-order valence-corrected chi connectivity index (χ1v) is 8.16. The van der Waals surface area contributed by atoms with Crippen LogP contribution in [0.1, 0.15) is 12.5 Å². The van der Waals surface area contributed by atoms with Crippen LogP contribution in [0, 0.1) is 0 Å². The summed E-state index contributed by atoms with van der Waals surface area (Å²) in [4.78, 5) is 8.39. The van der Waals surface area contributed by atoms with E-state index < -0.39 is 0 Å². The zero-order valence-corrected chi connectivity index (χ0v) is 14.7. The number of aliphatic imine (C=N–C) groups is 1. The molecule has 0 spiro atoms. The van der Waals surface area contributed by atoms with Crippen molar-refractivity contribution in [3.63, 3.8) is 0 Å². The molecule has 0 radical (unpaired) electrons. The number of benzene rings is 1. The lowest BCUT2D eigenvalue weighted by Gasteiger charge is -2.11. The molecule has 0 bridgehead atoms. The molecule has 25 heavy (non-hydrogen) atoms. The molecule has 0 fully saturated rings. The van der Waals surface area contributed by atoms with Gasteiger partial charge in [-0.25, -0.2) is 4.98 Å². The molecule has 0 aliphatic heterocycles. The predicted molar refractivity (Wildman–Crippen MR) is 100 cm³/mol. The van der Waals surface area contributed by atoms with Gasteiger partial charge in [-0.2, -0.15) is 0 Å². The summed E-state index contributed by atoms with van der Waals surface area (Å²) in [5, 5.41) is 6.35. The third kappa shape index (κ3) is 6.18. The molecule has 0 saturated heterocycles. The molecule has 0 atom stereocenters. The normalized spacial score (nSPS) is 10.9. The number of pyridine rings is 1. The molecule has 0 saturated carbocycles. The molecule has 2 aromatic rings. The second-order valence-electron chi connectivity index (χ2n) is 5.10. The Bertz CT molecular complexity index is 699. The third-order valence-corrected chi connectivity index (χ3v) is 3.25. The summed E-state index contributed by atoms with van der Waals surface area (Å²) in [5.74, 6) is 2.78. The van der Waals surface area contributed by atoms with Crippen LogP contribution in [-0.2, 0) is 6.54 Å². The van der Waals surface area contributed by atoms with Crippen molar-refractivity contribution in [1.29, 1.82) is 0 Å². The van der Waals surface area contributed by atoms with Crippen LogP contribution in [0.15, 0.2) is 60.2 Å². The van der Waals surface area contributed by atoms with Crippen LogP contribution in [0.2, 0.25) is 0 Å². The molecular formula is C19H24N4O2. The van der Waals surface area contributed by atoms with Gasteiger partial charge in [-0.05, 0) is 42.8 Å². The molecule has 2 N–H and O–H groups in total. The maximum absolute atomic E-state index is 5.80. The van der Waals surface area contributed by atoms with Crippen molar-refractivity contribution in [2.24, 2.45) is 4.99 Å². The summed E-state index contributed by atoms with van der Waals surface area (Å²) in [5.41, 5.74) is 1.04. The van der Waals surface area contributed by atoms with E-state index in [9.17, 15) is 0 Å². The fraction of sp³-hybridized carbons (Fsp3) is 0.263. The van der Waals surface area contributed by atoms with E-state index in [0.29, 0.717) is 37.3 Å². The Morgan fingerprint density at radius 1 is 1.20 bits per heavy atom. The molecule has 1 aromatic heterocycles. The SMILES string of the molecule is C=CCNC(=NC)NCc1ccnc(Oc2ccc(OCC)cc2)c1. The van der Waals surface area contributed by atoms with Gasteiger partial charge in [-0.1, -0.05) is 6.08 Å². The average Bonchev–Trinajstić information content (AvgIpc) is 2.64. The predicted octanol–water partition coefficient (Wildman–Crippen LogP) is 3.12. The Balaban J connectivity index is 1.95. The lowest BCUT2D eigenvalue weighted by atomic mass is 10.2. The van der Waals surface area contributed by atoms with Gasteiger partial charge in [-0.15, -0.1) is 6.58 Å². The average molecular weight is 340 g/mol. The van der Waals surface area contributed by atoms with Gasteiger partial charge < -0.3 is 20.1 Å². The summed E-state index contributed by atoms with van der Waals surface area (Å²) in [6.45, 7) is 7.53. The van der Waals surface area contributed by atoms with Gasteiger partial charge in [-0.3, -0.25) is 4.99 Å². The number of nitrogens with zero attached hydrogens (tertiary/aromatic N) is 2. The standard InChI is InChI=1S/C19H24N4O2/c1-4-11-22-19(20-3)23-14-15-10-12-21-18(13-15)25-17-8-6-16(7-9-17)24-5-2/h4,6-10,12-13H,1,5,11,14H2,2-3H3,(H2,20,22,23). The Labute approximate surface area is 148 Å². The molecule has 6 nitrogen and oxygen atoms in total. The van der Waals surface area contributed by atoms with Crippen molar-refractivity contribution in [3.8, 4) is 17.4 Å². The molecule has 1 aromatic carbocycles. The van der Waals surface area contributed by atoms with Gasteiger partial charge in [0.15, 0.2) is 5.96 Å². The molecule has 0 unspecified atom stereocenters. The number of nitrogens with one attached hydrogen (secondary N) is 2. The highest BCUT2D eigenvalue weighted by Crippen LogP contribution is 2.23. The highest BCUT2D eigenvalue weighted by Gasteiger charge is 2.03. The van der Waals surface area contributed by atoms with Gasteiger partial charge in [0.25, 0.3) is 0 Å². The summed E-state index contributed by atoms with van der Waals surface area (Å²) in [6, 6.07) is 11.3. The highest BCUT2D eigenvalue weighted by molar-refractivity contribution is 5.79. The van der Waals surface area contributed by atoms with E-state index in [1.165, 1.54) is 0 Å². The molecule has 0 amide bonds. The van der Waals surface area contributed by atoms with Crippen LogP contribution in [0.5, 0.6) is 17.4 Å². The number of ether oxygens (including phenoxy) is 2. The second kappa shape index (κ2) is 9.97. The van der Waals surface area contributed by atoms with Crippen molar-refractivity contribution in [2.45, 2.75) is 13.5 Å². The second-order valence-corrected chi connectivity index (χ2v) is 5.10. The van der Waals surface area contributed by atoms with E-state index in [4.69, 9.17) is 9.47 Å². The maximum atomic E-state index is 5.80. The van der Waals surface area contributed by atoms with E-state index in [1.54, 1.807) is 19.3 Å². The summed E-state index contributed by atoms with van der Waals surface area (Å²) >= 11 is 0. The van der Waals surface area contributed by atoms with Crippen LogP contribution in [0.3, 0.4) is 0 Å². The molecule has 0 aliphatic rings. The van der Waals surface area contributed by atoms with Gasteiger partial charge in [0, 0.05) is 32.4 Å². The third-order valence-electron chi connectivity index (χ3n) is 3.25. The zero-order chi connectivity index (χ0) is 17.9. The maximum Gasteiger partial charge on any atom is 0.219 e. The summed E-state index contributed by atoms with van der Waals surface area (Å²) in [6.07, 6.45) is 3.50. The first-order chi connectivity index (χ1) is 12.2. The first-order valence-electron chi connectivity index (χ1n) is 8.16. The Morgan fingerprint density at radius 2 is 1.96 bits per heavy atom. The zero-order valence-electron chi connectivity index (χ0n) is 14.7. The summed E-state index contributed by atoms with van der Waals surface area (Å²) < 4.78 is 11.2. The number of aromatic nitrogens is 1. The van der Waals surface area contributed by atoms with Crippen LogP contribution in [0.4, 0.5) is 0 Å². The van der Waals surface area contributed by atoms with Crippen molar-refractivity contribution in [1.82, 2.24) is 15.6 Å². The van der Waals surface area contributed by atoms with E-state index in [1.807, 2.05) is 43.3 Å². The summed E-state index contributed by atoms with van der Waals surface area (Å²) in [7, 11) is 1.73. The van der Waals surface area contributed by atoms with Gasteiger partial charge in [0.05, 0.1) is 6.61 Å². The first kappa shape index (κ1) is 18.3. The highest BCUT2D eigenvalue weighted by atomic mass is 16.5. The number of hydrogen-bond donors (Lipinski definition) is 2. The van der Waals surface area contributed by atoms with E-state index >= 15 is 0 Å². The topological polar surface area (TPSA) is 67.8 Å². The molecule has 0 aliphatic carbocycles. The minimum Gasteiger partial charge on any atom is -0.494 e. The van der Waals surface area contributed by atoms with E-state index in [-0.39, 0.29) is 0 Å². The van der Waals surface area contributed by atoms with Crippen LogP contribution in [-0.4, -0.2) is 31.1 Å². The van der Waals surface area contributed by atoms with Crippen molar-refractivity contribution in [3.05, 3.63) is 60.8 Å². The Morgan fingerprint density at radius 3 is 2.64 bits per heavy atom.